The number of amides is 3. The summed E-state index contributed by atoms with van der Waals surface area (Å²) in [7, 11) is 0. The molecule has 0 rings (SSSR count). The number of nitrogens with zero attached hydrogens (tertiary/aromatic N) is 2. The van der Waals surface area contributed by atoms with Crippen LogP contribution >= 0.6 is 11.6 Å². The van der Waals surface area contributed by atoms with E-state index in [1.165, 1.54) is 4.90 Å². The molecular weight excluding hydrogens is 218 g/mol. The van der Waals surface area contributed by atoms with Gasteiger partial charge in [-0.15, -0.1) is 11.6 Å². The molecule has 0 aliphatic rings. The second kappa shape index (κ2) is 8.06. The zero-order chi connectivity index (χ0) is 11.7. The van der Waals surface area contributed by atoms with E-state index >= 15 is 0 Å². The van der Waals surface area contributed by atoms with Gasteiger partial charge in [-0.2, -0.15) is 5.26 Å². The minimum atomic E-state index is -0.470. The Morgan fingerprint density at radius 1 is 1.53 bits per heavy atom. The minimum Gasteiger partial charge on any atom is -0.324 e. The SMILES string of the molecule is CCN(CCC#N)C(=O)NC(=O)CCCl. The lowest BCUT2D eigenvalue weighted by Gasteiger charge is -2.19. The number of nitriles is 1. The van der Waals surface area contributed by atoms with Crippen LogP contribution in [0.2, 0.25) is 0 Å². The van der Waals surface area contributed by atoms with Crippen LogP contribution in [0.25, 0.3) is 0 Å². The van der Waals surface area contributed by atoms with Crippen molar-refractivity contribution in [3.63, 3.8) is 0 Å². The quantitative estimate of drug-likeness (QED) is 0.720. The van der Waals surface area contributed by atoms with Crippen molar-refractivity contribution in [2.24, 2.45) is 0 Å². The standard InChI is InChI=1S/C9H14ClN3O2/c1-2-13(7-3-6-11)9(15)12-8(14)4-5-10/h2-5,7H2,1H3,(H,12,14,15). The molecule has 5 nitrogen and oxygen atoms in total. The molecule has 0 bridgehead atoms. The Kier molecular flexibility index (Phi) is 7.38. The van der Waals surface area contributed by atoms with E-state index in [-0.39, 0.29) is 18.7 Å². The molecule has 0 spiro atoms. The molecule has 0 saturated heterocycles. The average molecular weight is 232 g/mol. The summed E-state index contributed by atoms with van der Waals surface area (Å²) in [6, 6.07) is 1.47. The summed E-state index contributed by atoms with van der Waals surface area (Å²) < 4.78 is 0. The van der Waals surface area contributed by atoms with E-state index < -0.39 is 11.9 Å². The van der Waals surface area contributed by atoms with Crippen molar-refractivity contribution in [3.05, 3.63) is 0 Å². The van der Waals surface area contributed by atoms with Crippen LogP contribution in [0.1, 0.15) is 19.8 Å². The summed E-state index contributed by atoms with van der Waals surface area (Å²) in [6.07, 6.45) is 0.369. The second-order valence-corrected chi connectivity index (χ2v) is 3.16. The molecule has 0 heterocycles. The van der Waals surface area contributed by atoms with E-state index in [0.29, 0.717) is 13.1 Å². The number of halogens is 1. The van der Waals surface area contributed by atoms with Crippen LogP contribution in [-0.2, 0) is 4.79 Å². The first-order valence-corrected chi connectivity index (χ1v) is 5.20. The first-order chi connectivity index (χ1) is 7.15. The lowest BCUT2D eigenvalue weighted by molar-refractivity contribution is -0.119. The molecule has 0 unspecified atom stereocenters. The maximum absolute atomic E-state index is 11.4. The van der Waals surface area contributed by atoms with Crippen LogP contribution in [0.4, 0.5) is 4.79 Å². The van der Waals surface area contributed by atoms with E-state index in [4.69, 9.17) is 16.9 Å². The number of imide groups is 1. The van der Waals surface area contributed by atoms with E-state index in [2.05, 4.69) is 5.32 Å². The number of carbonyl (C=O) groups is 2. The molecule has 3 amide bonds. The fourth-order valence-corrected chi connectivity index (χ4v) is 1.11. The largest absolute Gasteiger partial charge is 0.324 e. The number of rotatable bonds is 5. The maximum Gasteiger partial charge on any atom is 0.324 e. The van der Waals surface area contributed by atoms with Crippen LogP contribution < -0.4 is 5.32 Å². The molecule has 0 aromatic heterocycles. The van der Waals surface area contributed by atoms with Crippen molar-refractivity contribution in [1.82, 2.24) is 10.2 Å². The predicted molar refractivity (Wildman–Crippen MR) is 56.4 cm³/mol. The zero-order valence-electron chi connectivity index (χ0n) is 8.62. The van der Waals surface area contributed by atoms with E-state index in [1.807, 2.05) is 6.07 Å². The van der Waals surface area contributed by atoms with Gasteiger partial charge in [0.15, 0.2) is 0 Å². The van der Waals surface area contributed by atoms with Crippen LogP contribution in [0.3, 0.4) is 0 Å². The predicted octanol–water partition coefficient (Wildman–Crippen LogP) is 1.09. The molecule has 15 heavy (non-hydrogen) atoms. The van der Waals surface area contributed by atoms with Gasteiger partial charge in [0.1, 0.15) is 0 Å². The van der Waals surface area contributed by atoms with Gasteiger partial charge in [-0.25, -0.2) is 4.79 Å². The lowest BCUT2D eigenvalue weighted by Crippen LogP contribution is -2.43. The van der Waals surface area contributed by atoms with Gasteiger partial charge >= 0.3 is 6.03 Å². The van der Waals surface area contributed by atoms with Gasteiger partial charge in [-0.3, -0.25) is 10.1 Å². The first-order valence-electron chi connectivity index (χ1n) is 4.67. The third-order valence-corrected chi connectivity index (χ3v) is 1.92. The highest BCUT2D eigenvalue weighted by atomic mass is 35.5. The van der Waals surface area contributed by atoms with E-state index in [0.717, 1.165) is 0 Å². The van der Waals surface area contributed by atoms with Crippen molar-refractivity contribution >= 4 is 23.5 Å². The van der Waals surface area contributed by atoms with Crippen molar-refractivity contribution < 1.29 is 9.59 Å². The fourth-order valence-electron chi connectivity index (χ4n) is 0.935. The van der Waals surface area contributed by atoms with Crippen molar-refractivity contribution in [1.29, 1.82) is 5.26 Å². The third kappa shape index (κ3) is 5.92. The van der Waals surface area contributed by atoms with Gasteiger partial charge in [-0.05, 0) is 6.92 Å². The average Bonchev–Trinajstić information content (AvgIpc) is 2.19. The molecule has 84 valence electrons. The summed E-state index contributed by atoms with van der Waals surface area (Å²) in [5.41, 5.74) is 0. The molecule has 0 atom stereocenters. The highest BCUT2D eigenvalue weighted by molar-refractivity contribution is 6.19. The number of urea groups is 1. The van der Waals surface area contributed by atoms with Gasteiger partial charge in [0.2, 0.25) is 5.91 Å². The Labute approximate surface area is 94.0 Å². The highest BCUT2D eigenvalue weighted by Gasteiger charge is 2.13. The molecule has 0 aromatic carbocycles. The second-order valence-electron chi connectivity index (χ2n) is 2.78. The third-order valence-electron chi connectivity index (χ3n) is 1.73. The van der Waals surface area contributed by atoms with Gasteiger partial charge in [0.05, 0.1) is 12.5 Å². The van der Waals surface area contributed by atoms with E-state index in [9.17, 15) is 9.59 Å². The summed E-state index contributed by atoms with van der Waals surface area (Å²) in [4.78, 5) is 23.8. The summed E-state index contributed by atoms with van der Waals surface area (Å²) >= 11 is 5.35. The molecule has 0 aliphatic carbocycles. The topological polar surface area (TPSA) is 73.2 Å². The molecule has 0 aliphatic heterocycles. The van der Waals surface area contributed by atoms with Gasteiger partial charge in [0, 0.05) is 25.4 Å². The Morgan fingerprint density at radius 3 is 2.67 bits per heavy atom. The number of carbonyl (C=O) groups excluding carboxylic acids is 2. The van der Waals surface area contributed by atoms with Crippen molar-refractivity contribution in [2.75, 3.05) is 19.0 Å². The lowest BCUT2D eigenvalue weighted by atomic mass is 10.4. The normalized spacial score (nSPS) is 9.13. The monoisotopic (exact) mass is 231 g/mol. The number of hydrogen-bond acceptors (Lipinski definition) is 3. The molecule has 1 N–H and O–H groups in total. The van der Waals surface area contributed by atoms with Crippen LogP contribution in [0, 0.1) is 11.3 Å². The first kappa shape index (κ1) is 13.7. The van der Waals surface area contributed by atoms with Crippen LogP contribution in [0.5, 0.6) is 0 Å². The zero-order valence-corrected chi connectivity index (χ0v) is 9.38. The van der Waals surface area contributed by atoms with Gasteiger partial charge < -0.3 is 4.90 Å². The summed E-state index contributed by atoms with van der Waals surface area (Å²) in [5, 5.41) is 10.6. The molecule has 0 aromatic rings. The molecule has 0 saturated carbocycles. The molecule has 0 fully saturated rings. The number of alkyl halides is 1. The van der Waals surface area contributed by atoms with Crippen molar-refractivity contribution in [2.45, 2.75) is 19.8 Å². The van der Waals surface area contributed by atoms with Crippen LogP contribution in [0.15, 0.2) is 0 Å². The highest BCUT2D eigenvalue weighted by Crippen LogP contribution is 1.93. The van der Waals surface area contributed by atoms with Crippen LogP contribution in [-0.4, -0.2) is 35.8 Å². The Bertz CT molecular complexity index is 263. The fraction of sp³-hybridized carbons (Fsp3) is 0.667. The maximum atomic E-state index is 11.4. The minimum absolute atomic E-state index is 0.114. The smallest absolute Gasteiger partial charge is 0.324 e. The van der Waals surface area contributed by atoms with Crippen molar-refractivity contribution in [3.8, 4) is 6.07 Å². The van der Waals surface area contributed by atoms with Gasteiger partial charge in [-0.1, -0.05) is 0 Å². The van der Waals surface area contributed by atoms with E-state index in [1.54, 1.807) is 6.92 Å². The summed E-state index contributed by atoms with van der Waals surface area (Å²) in [5.74, 6) is -0.214. The molecule has 6 heteroatoms. The Balaban J connectivity index is 4.04. The molecule has 0 radical (unpaired) electrons. The molecular formula is C9H14ClN3O2. The number of nitrogens with one attached hydrogen (secondary N) is 1. The Morgan fingerprint density at radius 2 is 2.20 bits per heavy atom. The number of hydrogen-bond donors (Lipinski definition) is 1. The van der Waals surface area contributed by atoms with Gasteiger partial charge in [0.25, 0.3) is 0 Å². The summed E-state index contributed by atoms with van der Waals surface area (Å²) in [6.45, 7) is 2.57. The Hall–Kier alpha value is -1.28.